The Hall–Kier alpha value is -3.82. The van der Waals surface area contributed by atoms with E-state index in [0.29, 0.717) is 11.1 Å². The number of hydrogen-bond donors (Lipinski definition) is 1. The molecule has 0 unspecified atom stereocenters. The zero-order valence-corrected chi connectivity index (χ0v) is 16.4. The summed E-state index contributed by atoms with van der Waals surface area (Å²) >= 11 is 0. The standard InChI is InChI=1S/C21H19F2N5O3/c22-16-7-5-14(6-8-16)11-24-18(29)13-28-21(31)27-10-9-26(20(30)19(27)25-28)12-15-3-1-2-4-17(15)23/h1-8H,9-13H2,(H,24,29). The molecule has 0 atom stereocenters. The van der Waals surface area contributed by atoms with Gasteiger partial charge in [0.2, 0.25) is 11.7 Å². The largest absolute Gasteiger partial charge is 0.350 e. The number of halogens is 2. The first-order chi connectivity index (χ1) is 14.9. The van der Waals surface area contributed by atoms with Gasteiger partial charge >= 0.3 is 5.69 Å². The molecule has 0 saturated carbocycles. The summed E-state index contributed by atoms with van der Waals surface area (Å²) in [6.45, 7) is 0.288. The molecule has 1 aromatic heterocycles. The fourth-order valence-electron chi connectivity index (χ4n) is 3.35. The lowest BCUT2D eigenvalue weighted by molar-refractivity contribution is -0.122. The molecule has 0 radical (unpaired) electrons. The molecule has 10 heteroatoms. The fourth-order valence-corrected chi connectivity index (χ4v) is 3.35. The van der Waals surface area contributed by atoms with Crippen LogP contribution in [0.5, 0.6) is 0 Å². The van der Waals surface area contributed by atoms with Crippen molar-refractivity contribution in [2.45, 2.75) is 26.2 Å². The third-order valence-electron chi connectivity index (χ3n) is 5.01. The molecule has 1 aliphatic rings. The molecule has 2 amide bonds. The van der Waals surface area contributed by atoms with Gasteiger partial charge in [-0.15, -0.1) is 5.10 Å². The summed E-state index contributed by atoms with van der Waals surface area (Å²) in [7, 11) is 0. The van der Waals surface area contributed by atoms with E-state index in [1.807, 2.05) is 0 Å². The van der Waals surface area contributed by atoms with Gasteiger partial charge in [-0.3, -0.25) is 14.2 Å². The third kappa shape index (κ3) is 4.37. The molecule has 2 aromatic carbocycles. The molecule has 2 heterocycles. The number of fused-ring (bicyclic) bond motifs is 1. The second-order valence-corrected chi connectivity index (χ2v) is 7.14. The molecule has 0 bridgehead atoms. The predicted molar refractivity (Wildman–Crippen MR) is 106 cm³/mol. The second kappa shape index (κ2) is 8.50. The van der Waals surface area contributed by atoms with Crippen LogP contribution in [0.25, 0.3) is 0 Å². The zero-order chi connectivity index (χ0) is 22.0. The quantitative estimate of drug-likeness (QED) is 0.642. The number of aromatic nitrogens is 3. The predicted octanol–water partition coefficient (Wildman–Crippen LogP) is 1.30. The summed E-state index contributed by atoms with van der Waals surface area (Å²) in [6.07, 6.45) is 0. The highest BCUT2D eigenvalue weighted by molar-refractivity contribution is 5.91. The lowest BCUT2D eigenvalue weighted by Gasteiger charge is -2.26. The Labute approximate surface area is 175 Å². The maximum Gasteiger partial charge on any atom is 0.346 e. The number of nitrogens with zero attached hydrogens (tertiary/aromatic N) is 4. The van der Waals surface area contributed by atoms with Crippen LogP contribution in [-0.4, -0.2) is 37.6 Å². The molecule has 1 aliphatic heterocycles. The van der Waals surface area contributed by atoms with Crippen LogP contribution in [-0.2, 0) is 31.0 Å². The third-order valence-corrected chi connectivity index (χ3v) is 5.01. The van der Waals surface area contributed by atoms with Crippen molar-refractivity contribution in [2.24, 2.45) is 0 Å². The van der Waals surface area contributed by atoms with E-state index in [1.54, 1.807) is 30.3 Å². The number of benzene rings is 2. The minimum Gasteiger partial charge on any atom is -0.350 e. The van der Waals surface area contributed by atoms with E-state index in [0.717, 1.165) is 4.68 Å². The van der Waals surface area contributed by atoms with Gasteiger partial charge in [-0.1, -0.05) is 30.3 Å². The minimum absolute atomic E-state index is 0.0602. The monoisotopic (exact) mass is 427 g/mol. The molecular formula is C21H19F2N5O3. The number of amides is 2. The Kier molecular flexibility index (Phi) is 5.61. The smallest absolute Gasteiger partial charge is 0.346 e. The van der Waals surface area contributed by atoms with E-state index >= 15 is 0 Å². The van der Waals surface area contributed by atoms with Crippen molar-refractivity contribution in [1.82, 2.24) is 24.6 Å². The Morgan fingerprint density at radius 1 is 1.03 bits per heavy atom. The van der Waals surface area contributed by atoms with Crippen LogP contribution >= 0.6 is 0 Å². The van der Waals surface area contributed by atoms with E-state index < -0.39 is 23.3 Å². The van der Waals surface area contributed by atoms with E-state index in [2.05, 4.69) is 10.4 Å². The summed E-state index contributed by atoms with van der Waals surface area (Å²) in [5, 5.41) is 6.65. The molecule has 0 saturated heterocycles. The highest BCUT2D eigenvalue weighted by atomic mass is 19.1. The van der Waals surface area contributed by atoms with Crippen molar-refractivity contribution < 1.29 is 18.4 Å². The van der Waals surface area contributed by atoms with Gasteiger partial charge in [0.1, 0.15) is 18.2 Å². The van der Waals surface area contributed by atoms with Crippen LogP contribution in [0.3, 0.4) is 0 Å². The normalized spacial score (nSPS) is 13.2. The van der Waals surface area contributed by atoms with Crippen molar-refractivity contribution >= 4 is 11.8 Å². The maximum atomic E-state index is 13.9. The highest BCUT2D eigenvalue weighted by Gasteiger charge is 2.30. The number of carbonyl (C=O) groups is 2. The van der Waals surface area contributed by atoms with Crippen molar-refractivity contribution in [3.63, 3.8) is 0 Å². The molecule has 0 fully saturated rings. The fraction of sp³-hybridized carbons (Fsp3) is 0.238. The number of rotatable bonds is 6. The molecule has 0 spiro atoms. The maximum absolute atomic E-state index is 13.9. The summed E-state index contributed by atoms with van der Waals surface area (Å²) in [4.78, 5) is 38.9. The second-order valence-electron chi connectivity index (χ2n) is 7.14. The van der Waals surface area contributed by atoms with Gasteiger partial charge < -0.3 is 10.2 Å². The lowest BCUT2D eigenvalue weighted by Crippen LogP contribution is -2.42. The molecular weight excluding hydrogens is 408 g/mol. The van der Waals surface area contributed by atoms with Gasteiger partial charge in [0.25, 0.3) is 5.91 Å². The topological polar surface area (TPSA) is 89.2 Å². The van der Waals surface area contributed by atoms with Crippen LogP contribution in [0.2, 0.25) is 0 Å². The molecule has 0 aliphatic carbocycles. The zero-order valence-electron chi connectivity index (χ0n) is 16.4. The summed E-state index contributed by atoms with van der Waals surface area (Å²) in [6, 6.07) is 11.8. The van der Waals surface area contributed by atoms with Crippen LogP contribution in [0.15, 0.2) is 53.3 Å². The Balaban J connectivity index is 1.43. The van der Waals surface area contributed by atoms with Crippen LogP contribution < -0.4 is 11.0 Å². The Bertz CT molecular complexity index is 1190. The van der Waals surface area contributed by atoms with Crippen molar-refractivity contribution in [3.05, 3.63) is 87.6 Å². The number of hydrogen-bond acceptors (Lipinski definition) is 4. The molecule has 4 rings (SSSR count). The van der Waals surface area contributed by atoms with Gasteiger partial charge in [0.05, 0.1) is 0 Å². The van der Waals surface area contributed by atoms with Crippen molar-refractivity contribution in [2.75, 3.05) is 6.54 Å². The first kappa shape index (κ1) is 20.5. The first-order valence-electron chi connectivity index (χ1n) is 9.64. The summed E-state index contributed by atoms with van der Waals surface area (Å²) in [5.74, 6) is -1.85. The summed E-state index contributed by atoms with van der Waals surface area (Å²) in [5.41, 5.74) is 0.502. The molecule has 1 N–H and O–H groups in total. The number of nitrogens with one attached hydrogen (secondary N) is 1. The Morgan fingerprint density at radius 2 is 1.77 bits per heavy atom. The van der Waals surface area contributed by atoms with Gasteiger partial charge in [-0.2, -0.15) is 0 Å². The van der Waals surface area contributed by atoms with Gasteiger partial charge in [-0.25, -0.2) is 18.3 Å². The lowest BCUT2D eigenvalue weighted by atomic mass is 10.2. The number of carbonyl (C=O) groups excluding carboxylic acids is 2. The van der Waals surface area contributed by atoms with Crippen LogP contribution in [0.1, 0.15) is 21.7 Å². The SMILES string of the molecule is O=C(Cn1nc2n(c1=O)CCN(Cc1ccccc1F)C2=O)NCc1ccc(F)cc1. The minimum atomic E-state index is -0.564. The average Bonchev–Trinajstić information content (AvgIpc) is 3.07. The molecule has 31 heavy (non-hydrogen) atoms. The van der Waals surface area contributed by atoms with E-state index in [4.69, 9.17) is 0 Å². The first-order valence-corrected chi connectivity index (χ1v) is 9.64. The summed E-state index contributed by atoms with van der Waals surface area (Å²) < 4.78 is 29.0. The van der Waals surface area contributed by atoms with Gasteiger partial charge in [0.15, 0.2) is 0 Å². The van der Waals surface area contributed by atoms with Gasteiger partial charge in [-0.05, 0) is 23.8 Å². The van der Waals surface area contributed by atoms with Crippen molar-refractivity contribution in [1.29, 1.82) is 0 Å². The average molecular weight is 427 g/mol. The Morgan fingerprint density at radius 3 is 2.52 bits per heavy atom. The van der Waals surface area contributed by atoms with Crippen molar-refractivity contribution in [3.8, 4) is 0 Å². The van der Waals surface area contributed by atoms with Crippen LogP contribution in [0.4, 0.5) is 8.78 Å². The van der Waals surface area contributed by atoms with E-state index in [1.165, 1.54) is 27.7 Å². The molecule has 160 valence electrons. The van der Waals surface area contributed by atoms with E-state index in [9.17, 15) is 23.2 Å². The van der Waals surface area contributed by atoms with Gasteiger partial charge in [0, 0.05) is 31.7 Å². The van der Waals surface area contributed by atoms with E-state index in [-0.39, 0.29) is 44.4 Å². The molecule has 3 aromatic rings. The molecule has 8 nitrogen and oxygen atoms in total. The highest BCUT2D eigenvalue weighted by Crippen LogP contribution is 2.15. The van der Waals surface area contributed by atoms with Crippen LogP contribution in [0, 0.1) is 11.6 Å².